The summed E-state index contributed by atoms with van der Waals surface area (Å²) in [6.45, 7) is 0. The summed E-state index contributed by atoms with van der Waals surface area (Å²) >= 11 is 4.06. The van der Waals surface area contributed by atoms with Crippen molar-refractivity contribution in [3.05, 3.63) is 62.0 Å². The van der Waals surface area contributed by atoms with Crippen LogP contribution in [0.5, 0.6) is 0 Å². The maximum absolute atomic E-state index is 5.70. The van der Waals surface area contributed by atoms with Gasteiger partial charge in [-0.25, -0.2) is 0 Å². The second-order valence-electron chi connectivity index (χ2n) is 4.60. The highest BCUT2D eigenvalue weighted by molar-refractivity contribution is 14.1. The van der Waals surface area contributed by atoms with Crippen molar-refractivity contribution in [1.82, 2.24) is 10.4 Å². The van der Waals surface area contributed by atoms with E-state index in [1.807, 2.05) is 18.2 Å². The number of fused-ring (bicyclic) bond motifs is 1. The molecule has 0 aliphatic rings. The first-order valence-corrected chi connectivity index (χ1v) is 8.27. The molecule has 1 aromatic carbocycles. The summed E-state index contributed by atoms with van der Waals surface area (Å²) in [7, 11) is 0. The number of para-hydroxylation sites is 1. The first-order valence-electron chi connectivity index (χ1n) is 6.31. The maximum Gasteiger partial charge on any atom is 0.0705 e. The lowest BCUT2D eigenvalue weighted by atomic mass is 10.0. The molecule has 3 N–H and O–H groups in total. The summed E-state index contributed by atoms with van der Waals surface area (Å²) in [5.41, 5.74) is 6.19. The molecule has 0 amide bonds. The molecule has 102 valence electrons. The second kappa shape index (κ2) is 6.17. The number of nitrogens with two attached hydrogens (primary N) is 1. The molecule has 5 heteroatoms. The molecule has 20 heavy (non-hydrogen) atoms. The Hall–Kier alpha value is -1.02. The lowest BCUT2D eigenvalue weighted by Crippen LogP contribution is -2.29. The van der Waals surface area contributed by atoms with Gasteiger partial charge in [0.2, 0.25) is 0 Å². The Morgan fingerprint density at radius 2 is 2.10 bits per heavy atom. The Balaban J connectivity index is 1.87. The van der Waals surface area contributed by atoms with Gasteiger partial charge < -0.3 is 0 Å². The van der Waals surface area contributed by atoms with Gasteiger partial charge in [0.05, 0.1) is 14.4 Å². The minimum absolute atomic E-state index is 0.100. The Labute approximate surface area is 135 Å². The van der Waals surface area contributed by atoms with Crippen LogP contribution in [0.25, 0.3) is 10.9 Å². The van der Waals surface area contributed by atoms with E-state index in [0.717, 1.165) is 17.6 Å². The van der Waals surface area contributed by atoms with Crippen molar-refractivity contribution < 1.29 is 0 Å². The summed E-state index contributed by atoms with van der Waals surface area (Å²) in [5, 5.41) is 3.31. The van der Waals surface area contributed by atoms with Crippen molar-refractivity contribution in [2.24, 2.45) is 5.84 Å². The van der Waals surface area contributed by atoms with E-state index in [4.69, 9.17) is 10.8 Å². The molecule has 0 saturated carbocycles. The van der Waals surface area contributed by atoms with Crippen molar-refractivity contribution in [2.45, 2.75) is 12.5 Å². The SMILES string of the molecule is NNC(Cc1ccc2ccccc2n1)c1csc(I)c1. The van der Waals surface area contributed by atoms with Gasteiger partial charge in [-0.05, 0) is 51.7 Å². The number of halogens is 1. The van der Waals surface area contributed by atoms with E-state index in [9.17, 15) is 0 Å². The molecule has 2 aromatic heterocycles. The van der Waals surface area contributed by atoms with E-state index in [2.05, 4.69) is 57.7 Å². The quantitative estimate of drug-likeness (QED) is 0.403. The minimum Gasteiger partial charge on any atom is -0.271 e. The first-order chi connectivity index (χ1) is 9.76. The number of hydrazine groups is 1. The van der Waals surface area contributed by atoms with E-state index < -0.39 is 0 Å². The van der Waals surface area contributed by atoms with Crippen LogP contribution in [0.1, 0.15) is 17.3 Å². The third-order valence-electron chi connectivity index (χ3n) is 3.26. The number of aromatic nitrogens is 1. The van der Waals surface area contributed by atoms with Crippen LogP contribution in [0, 0.1) is 2.88 Å². The van der Waals surface area contributed by atoms with E-state index >= 15 is 0 Å². The average molecular weight is 395 g/mol. The van der Waals surface area contributed by atoms with E-state index in [0.29, 0.717) is 0 Å². The Kier molecular flexibility index (Phi) is 4.30. The van der Waals surface area contributed by atoms with Gasteiger partial charge in [-0.3, -0.25) is 16.3 Å². The predicted octanol–water partition coefficient (Wildman–Crippen LogP) is 3.65. The van der Waals surface area contributed by atoms with E-state index in [-0.39, 0.29) is 6.04 Å². The van der Waals surface area contributed by atoms with Crippen LogP contribution < -0.4 is 11.3 Å². The fourth-order valence-electron chi connectivity index (χ4n) is 2.21. The number of hydrogen-bond donors (Lipinski definition) is 2. The highest BCUT2D eigenvalue weighted by Gasteiger charge is 2.13. The number of nitrogens with one attached hydrogen (secondary N) is 1. The number of pyridine rings is 1. The van der Waals surface area contributed by atoms with Gasteiger partial charge in [0, 0.05) is 17.5 Å². The zero-order valence-electron chi connectivity index (χ0n) is 10.7. The molecule has 0 bridgehead atoms. The van der Waals surface area contributed by atoms with Gasteiger partial charge in [0.15, 0.2) is 0 Å². The zero-order valence-corrected chi connectivity index (χ0v) is 13.7. The van der Waals surface area contributed by atoms with Crippen molar-refractivity contribution in [3.8, 4) is 0 Å². The van der Waals surface area contributed by atoms with Gasteiger partial charge in [-0.15, -0.1) is 11.3 Å². The summed E-state index contributed by atoms with van der Waals surface area (Å²) in [5.74, 6) is 5.70. The van der Waals surface area contributed by atoms with Crippen LogP contribution in [-0.4, -0.2) is 4.98 Å². The summed E-state index contributed by atoms with van der Waals surface area (Å²) in [6.07, 6.45) is 0.786. The molecule has 0 aliphatic heterocycles. The molecule has 2 heterocycles. The second-order valence-corrected chi connectivity index (χ2v) is 7.41. The molecule has 3 nitrogen and oxygen atoms in total. The largest absolute Gasteiger partial charge is 0.271 e. The zero-order chi connectivity index (χ0) is 13.9. The van der Waals surface area contributed by atoms with Crippen molar-refractivity contribution >= 4 is 44.8 Å². The molecule has 3 rings (SSSR count). The third kappa shape index (κ3) is 3.01. The van der Waals surface area contributed by atoms with Crippen LogP contribution in [0.3, 0.4) is 0 Å². The smallest absolute Gasteiger partial charge is 0.0705 e. The van der Waals surface area contributed by atoms with Crippen LogP contribution in [0.15, 0.2) is 47.8 Å². The number of nitrogens with zero attached hydrogens (tertiary/aromatic N) is 1. The van der Waals surface area contributed by atoms with Crippen LogP contribution >= 0.6 is 33.9 Å². The lowest BCUT2D eigenvalue weighted by molar-refractivity contribution is 0.548. The number of thiophene rings is 1. The summed E-state index contributed by atoms with van der Waals surface area (Å²) in [6, 6.07) is 14.6. The molecule has 1 unspecified atom stereocenters. The van der Waals surface area contributed by atoms with Crippen LogP contribution in [0.2, 0.25) is 0 Å². The molecule has 3 aromatic rings. The van der Waals surface area contributed by atoms with E-state index in [1.54, 1.807) is 11.3 Å². The lowest BCUT2D eigenvalue weighted by Gasteiger charge is -2.14. The van der Waals surface area contributed by atoms with Crippen molar-refractivity contribution in [2.75, 3.05) is 0 Å². The molecule has 0 aliphatic carbocycles. The summed E-state index contributed by atoms with van der Waals surface area (Å²) < 4.78 is 1.27. The highest BCUT2D eigenvalue weighted by Crippen LogP contribution is 2.24. The van der Waals surface area contributed by atoms with Crippen molar-refractivity contribution in [1.29, 1.82) is 0 Å². The number of rotatable bonds is 4. The molecule has 0 radical (unpaired) electrons. The maximum atomic E-state index is 5.70. The van der Waals surface area contributed by atoms with Crippen molar-refractivity contribution in [3.63, 3.8) is 0 Å². The van der Waals surface area contributed by atoms with Gasteiger partial charge >= 0.3 is 0 Å². The topological polar surface area (TPSA) is 50.9 Å². The Bertz CT molecular complexity index is 726. The third-order valence-corrected chi connectivity index (χ3v) is 5.07. The molecule has 0 saturated heterocycles. The highest BCUT2D eigenvalue weighted by atomic mass is 127. The Morgan fingerprint density at radius 1 is 1.25 bits per heavy atom. The molecular formula is C15H14IN3S. The normalized spacial score (nSPS) is 12.7. The fraction of sp³-hybridized carbons (Fsp3) is 0.133. The first kappa shape index (κ1) is 13.9. The van der Waals surface area contributed by atoms with Gasteiger partial charge in [-0.2, -0.15) is 0 Å². The van der Waals surface area contributed by atoms with Crippen LogP contribution in [0.4, 0.5) is 0 Å². The number of hydrogen-bond acceptors (Lipinski definition) is 4. The number of benzene rings is 1. The molecule has 0 fully saturated rings. The molecule has 1 atom stereocenters. The summed E-state index contributed by atoms with van der Waals surface area (Å²) in [4.78, 5) is 4.70. The molecular weight excluding hydrogens is 381 g/mol. The van der Waals surface area contributed by atoms with Gasteiger partial charge in [0.1, 0.15) is 0 Å². The van der Waals surface area contributed by atoms with Gasteiger partial charge in [0.25, 0.3) is 0 Å². The van der Waals surface area contributed by atoms with E-state index in [1.165, 1.54) is 13.8 Å². The average Bonchev–Trinajstić information content (AvgIpc) is 2.91. The predicted molar refractivity (Wildman–Crippen MR) is 92.5 cm³/mol. The standard InChI is InChI=1S/C15H14IN3S/c16-15-7-11(9-20-15)14(19-17)8-12-6-5-10-3-1-2-4-13(10)18-12/h1-7,9,14,19H,8,17H2. The minimum atomic E-state index is 0.100. The monoisotopic (exact) mass is 395 g/mol. The Morgan fingerprint density at radius 3 is 2.85 bits per heavy atom. The molecule has 0 spiro atoms. The van der Waals surface area contributed by atoms with Gasteiger partial charge in [-0.1, -0.05) is 24.3 Å². The van der Waals surface area contributed by atoms with Crippen LogP contribution in [-0.2, 0) is 6.42 Å². The fourth-order valence-corrected chi connectivity index (χ4v) is 3.64.